The van der Waals surface area contributed by atoms with Crippen molar-refractivity contribution in [1.29, 1.82) is 0 Å². The van der Waals surface area contributed by atoms with Crippen molar-refractivity contribution in [2.24, 2.45) is 0 Å². The van der Waals surface area contributed by atoms with E-state index in [1.54, 1.807) is 0 Å². The van der Waals surface area contributed by atoms with Crippen molar-refractivity contribution in [2.45, 2.75) is 155 Å². The lowest BCUT2D eigenvalue weighted by molar-refractivity contribution is 0.127. The first kappa shape index (κ1) is 42.9. The fourth-order valence-corrected chi connectivity index (χ4v) is 8.15. The molecule has 0 amide bonds. The largest absolute Gasteiger partial charge is 0.474 e. The van der Waals surface area contributed by atoms with Gasteiger partial charge in [0.15, 0.2) is 0 Å². The second-order valence-electron chi connectivity index (χ2n) is 11.0. The summed E-state index contributed by atoms with van der Waals surface area (Å²) in [4.78, 5) is 17.2. The van der Waals surface area contributed by atoms with E-state index in [1.165, 1.54) is 90.6 Å². The Balaban J connectivity index is 3.41. The molecule has 0 aliphatic heterocycles. The summed E-state index contributed by atoms with van der Waals surface area (Å²) in [6.45, 7) is 3.20. The van der Waals surface area contributed by atoms with Crippen molar-refractivity contribution in [3.8, 4) is 0 Å². The van der Waals surface area contributed by atoms with Gasteiger partial charge in [0, 0.05) is 18.6 Å². The summed E-state index contributed by atoms with van der Waals surface area (Å²) in [7, 11) is -2.58. The fraction of sp³-hybridized carbons (Fsp3) is 1.00. The number of phosphoric ester groups is 2. The van der Waals surface area contributed by atoms with Gasteiger partial charge in [0.05, 0.1) is 19.8 Å². The molecule has 1 unspecified atom stereocenters. The Hall–Kier alpha value is 0.920. The van der Waals surface area contributed by atoms with Crippen molar-refractivity contribution in [1.82, 2.24) is 0 Å². The standard InChI is InChI=1S/C30H64O8P2S2/c1-3-4-5-6-7-8-9-10-11-12-13-14-15-16-22-27-37-40(34,35-2)38-28-23-18-20-25-30-42-41-29-24-19-17-21-26-36-39(31,32)33/h3-30H2,1-2H3,(H2,31,32,33). The first-order valence-electron chi connectivity index (χ1n) is 16.7. The third-order valence-corrected chi connectivity index (χ3v) is 11.6. The predicted molar refractivity (Wildman–Crippen MR) is 181 cm³/mol. The molecule has 0 spiro atoms. The highest BCUT2D eigenvalue weighted by molar-refractivity contribution is 8.76. The van der Waals surface area contributed by atoms with Gasteiger partial charge in [-0.2, -0.15) is 0 Å². The molecule has 0 aromatic carbocycles. The summed E-state index contributed by atoms with van der Waals surface area (Å²) in [5, 5.41) is 0. The molecule has 0 aliphatic carbocycles. The average molecular weight is 679 g/mol. The van der Waals surface area contributed by atoms with Crippen LogP contribution in [0.1, 0.15) is 155 Å². The van der Waals surface area contributed by atoms with Crippen LogP contribution in [-0.4, -0.2) is 48.2 Å². The molecule has 0 fully saturated rings. The van der Waals surface area contributed by atoms with E-state index in [1.807, 2.05) is 21.6 Å². The first-order chi connectivity index (χ1) is 20.3. The number of hydrogen-bond acceptors (Lipinski definition) is 8. The van der Waals surface area contributed by atoms with E-state index < -0.39 is 15.6 Å². The molecule has 1 atom stereocenters. The summed E-state index contributed by atoms with van der Waals surface area (Å²) >= 11 is 0. The maximum Gasteiger partial charge on any atom is 0.474 e. The Labute approximate surface area is 266 Å². The van der Waals surface area contributed by atoms with Gasteiger partial charge in [-0.3, -0.25) is 18.1 Å². The van der Waals surface area contributed by atoms with Crippen LogP contribution in [0.4, 0.5) is 0 Å². The molecule has 8 nitrogen and oxygen atoms in total. The van der Waals surface area contributed by atoms with Gasteiger partial charge in [0.2, 0.25) is 0 Å². The third kappa shape index (κ3) is 33.8. The summed E-state index contributed by atoms with van der Waals surface area (Å²) in [6, 6.07) is 0. The van der Waals surface area contributed by atoms with E-state index in [2.05, 4.69) is 11.4 Å². The number of phosphoric acid groups is 2. The van der Waals surface area contributed by atoms with Crippen LogP contribution in [0.3, 0.4) is 0 Å². The maximum atomic E-state index is 12.6. The first-order valence-corrected chi connectivity index (χ1v) is 22.2. The molecular formula is C30H64O8P2S2. The van der Waals surface area contributed by atoms with E-state index in [4.69, 9.17) is 23.4 Å². The van der Waals surface area contributed by atoms with Crippen LogP contribution >= 0.6 is 37.2 Å². The zero-order valence-corrected chi connectivity index (χ0v) is 30.3. The van der Waals surface area contributed by atoms with Gasteiger partial charge in [0.25, 0.3) is 0 Å². The van der Waals surface area contributed by atoms with E-state index in [-0.39, 0.29) is 6.61 Å². The van der Waals surface area contributed by atoms with Crippen LogP contribution in [0.25, 0.3) is 0 Å². The Morgan fingerprint density at radius 1 is 0.476 bits per heavy atom. The lowest BCUT2D eigenvalue weighted by atomic mass is 10.0. The quantitative estimate of drug-likeness (QED) is 0.0381. The van der Waals surface area contributed by atoms with Crippen LogP contribution in [0.5, 0.6) is 0 Å². The lowest BCUT2D eigenvalue weighted by Gasteiger charge is -2.15. The molecule has 12 heteroatoms. The minimum atomic E-state index is -4.31. The van der Waals surface area contributed by atoms with E-state index >= 15 is 0 Å². The lowest BCUT2D eigenvalue weighted by Crippen LogP contribution is -2.01. The van der Waals surface area contributed by atoms with Gasteiger partial charge in [-0.15, -0.1) is 0 Å². The SMILES string of the molecule is CCCCCCCCCCCCCCCCCOP(=O)(OC)OCCCCCCSSCCCCCCOP(=O)(O)O. The van der Waals surface area contributed by atoms with Crippen LogP contribution < -0.4 is 0 Å². The van der Waals surface area contributed by atoms with Crippen LogP contribution in [-0.2, 0) is 27.2 Å². The van der Waals surface area contributed by atoms with Crippen LogP contribution in [0, 0.1) is 0 Å². The molecule has 0 radical (unpaired) electrons. The van der Waals surface area contributed by atoms with Gasteiger partial charge in [-0.25, -0.2) is 9.13 Å². The summed E-state index contributed by atoms with van der Waals surface area (Å²) < 4.78 is 43.6. The molecule has 2 N–H and O–H groups in total. The highest BCUT2D eigenvalue weighted by Crippen LogP contribution is 2.48. The molecule has 0 aromatic rings. The second-order valence-corrected chi connectivity index (χ2v) is 16.8. The predicted octanol–water partition coefficient (Wildman–Crippen LogP) is 11.3. The van der Waals surface area contributed by atoms with E-state index in [0.29, 0.717) is 19.6 Å². The topological polar surface area (TPSA) is 112 Å². The smallest absolute Gasteiger partial charge is 0.303 e. The van der Waals surface area contributed by atoms with Crippen molar-refractivity contribution >= 4 is 37.2 Å². The monoisotopic (exact) mass is 678 g/mol. The molecule has 0 saturated carbocycles. The Morgan fingerprint density at radius 3 is 1.12 bits per heavy atom. The zero-order valence-electron chi connectivity index (χ0n) is 26.9. The molecule has 0 rings (SSSR count). The third-order valence-electron chi connectivity index (χ3n) is 7.06. The summed E-state index contributed by atoms with van der Waals surface area (Å²) in [6.07, 6.45) is 27.6. The van der Waals surface area contributed by atoms with Gasteiger partial charge in [0.1, 0.15) is 0 Å². The highest BCUT2D eigenvalue weighted by atomic mass is 33.1. The Kier molecular flexibility index (Phi) is 32.6. The zero-order chi connectivity index (χ0) is 31.0. The molecule has 0 saturated heterocycles. The van der Waals surface area contributed by atoms with Crippen molar-refractivity contribution in [3.05, 3.63) is 0 Å². The van der Waals surface area contributed by atoms with Gasteiger partial charge >= 0.3 is 15.6 Å². The normalized spacial score (nSPS) is 13.5. The molecule has 0 aromatic heterocycles. The van der Waals surface area contributed by atoms with Crippen LogP contribution in [0.2, 0.25) is 0 Å². The van der Waals surface area contributed by atoms with E-state index in [9.17, 15) is 9.13 Å². The Bertz CT molecular complexity index is 655. The van der Waals surface area contributed by atoms with Crippen LogP contribution in [0.15, 0.2) is 0 Å². The molecule has 254 valence electrons. The van der Waals surface area contributed by atoms with E-state index in [0.717, 1.165) is 69.3 Å². The Morgan fingerprint density at radius 2 is 0.786 bits per heavy atom. The minimum Gasteiger partial charge on any atom is -0.303 e. The number of unbranched alkanes of at least 4 members (excludes halogenated alkanes) is 20. The number of hydrogen-bond donors (Lipinski definition) is 2. The van der Waals surface area contributed by atoms with Crippen molar-refractivity contribution in [2.75, 3.05) is 38.4 Å². The maximum absolute atomic E-state index is 12.6. The average Bonchev–Trinajstić information content (AvgIpc) is 2.96. The fourth-order valence-electron chi connectivity index (χ4n) is 4.50. The molecule has 42 heavy (non-hydrogen) atoms. The summed E-state index contributed by atoms with van der Waals surface area (Å²) in [5.74, 6) is 2.20. The van der Waals surface area contributed by atoms with Crippen molar-refractivity contribution < 1.29 is 37.0 Å². The molecular weight excluding hydrogens is 614 g/mol. The molecule has 0 aliphatic rings. The van der Waals surface area contributed by atoms with Gasteiger partial charge in [-0.1, -0.05) is 144 Å². The molecule has 0 heterocycles. The highest BCUT2D eigenvalue weighted by Gasteiger charge is 2.24. The summed E-state index contributed by atoms with van der Waals surface area (Å²) in [5.41, 5.74) is 0. The molecule has 0 bridgehead atoms. The number of rotatable bonds is 35. The van der Waals surface area contributed by atoms with Gasteiger partial charge < -0.3 is 9.79 Å². The second kappa shape index (κ2) is 31.9. The van der Waals surface area contributed by atoms with Crippen molar-refractivity contribution in [3.63, 3.8) is 0 Å². The minimum absolute atomic E-state index is 0.118. The van der Waals surface area contributed by atoms with Gasteiger partial charge in [-0.05, 0) is 32.1 Å².